The molecule has 3 heterocycles. The Hall–Kier alpha value is -2.58. The van der Waals surface area contributed by atoms with Crippen molar-refractivity contribution in [2.45, 2.75) is 65.0 Å². The lowest BCUT2D eigenvalue weighted by Crippen LogP contribution is -2.47. The molecule has 0 saturated carbocycles. The topological polar surface area (TPSA) is 75.2 Å². The number of carbonyl (C=O) groups excluding carboxylic acids is 2. The van der Waals surface area contributed by atoms with Crippen LogP contribution in [-0.2, 0) is 16.1 Å². The van der Waals surface area contributed by atoms with Gasteiger partial charge in [-0.05, 0) is 61.8 Å². The van der Waals surface area contributed by atoms with Crippen LogP contribution < -0.4 is 5.32 Å². The number of amides is 2. The van der Waals surface area contributed by atoms with Gasteiger partial charge in [0.2, 0.25) is 11.8 Å². The third kappa shape index (κ3) is 5.33. The van der Waals surface area contributed by atoms with Crippen LogP contribution in [0.2, 0.25) is 0 Å². The van der Waals surface area contributed by atoms with E-state index < -0.39 is 6.04 Å². The Bertz CT molecular complexity index is 1110. The number of carbonyl (C=O) groups is 2. The summed E-state index contributed by atoms with van der Waals surface area (Å²) >= 11 is 3.06. The summed E-state index contributed by atoms with van der Waals surface area (Å²) in [4.78, 5) is 34.8. The zero-order valence-corrected chi connectivity index (χ0v) is 21.0. The molecule has 1 aromatic carbocycles. The second-order valence-corrected chi connectivity index (χ2v) is 10.4. The molecule has 0 bridgehead atoms. The van der Waals surface area contributed by atoms with Gasteiger partial charge in [-0.15, -0.1) is 11.3 Å². The molecule has 33 heavy (non-hydrogen) atoms. The first-order chi connectivity index (χ1) is 16.0. The van der Waals surface area contributed by atoms with Crippen LogP contribution in [0, 0.1) is 13.8 Å². The zero-order chi connectivity index (χ0) is 23.4. The lowest BCUT2D eigenvalue weighted by molar-refractivity contribution is -0.139. The van der Waals surface area contributed by atoms with Gasteiger partial charge in [0.15, 0.2) is 0 Å². The minimum absolute atomic E-state index is 0.0316. The van der Waals surface area contributed by atoms with Crippen molar-refractivity contribution in [3.8, 4) is 10.4 Å². The maximum Gasteiger partial charge on any atom is 0.243 e. The van der Waals surface area contributed by atoms with Gasteiger partial charge in [-0.1, -0.05) is 37.6 Å². The third-order valence-corrected chi connectivity index (χ3v) is 7.83. The van der Waals surface area contributed by atoms with Crippen LogP contribution in [0.4, 0.5) is 0 Å². The molecule has 1 N–H and O–H groups in total. The quantitative estimate of drug-likeness (QED) is 0.486. The number of nitrogens with zero attached hydrogens (tertiary/aromatic N) is 3. The second kappa shape index (κ2) is 10.6. The monoisotopic (exact) mass is 482 g/mol. The van der Waals surface area contributed by atoms with Crippen LogP contribution in [0.3, 0.4) is 0 Å². The van der Waals surface area contributed by atoms with Crippen LogP contribution in [0.5, 0.6) is 0 Å². The van der Waals surface area contributed by atoms with E-state index in [0.29, 0.717) is 19.5 Å². The van der Waals surface area contributed by atoms with Crippen molar-refractivity contribution in [1.82, 2.24) is 19.6 Å². The number of hydrogen-bond donors (Lipinski definition) is 1. The van der Waals surface area contributed by atoms with Crippen molar-refractivity contribution < 1.29 is 9.59 Å². The minimum atomic E-state index is -0.407. The van der Waals surface area contributed by atoms with Gasteiger partial charge < -0.3 is 10.2 Å². The number of aromatic nitrogens is 2. The average Bonchev–Trinajstić information content (AvgIpc) is 3.57. The first-order valence-electron chi connectivity index (χ1n) is 11.5. The van der Waals surface area contributed by atoms with E-state index in [2.05, 4.69) is 33.7 Å². The average molecular weight is 483 g/mol. The summed E-state index contributed by atoms with van der Waals surface area (Å²) in [5, 5.41) is 3.05. The highest BCUT2D eigenvalue weighted by molar-refractivity contribution is 7.13. The van der Waals surface area contributed by atoms with Gasteiger partial charge >= 0.3 is 0 Å². The summed E-state index contributed by atoms with van der Waals surface area (Å²) in [5.41, 5.74) is 5.89. The molecule has 1 saturated heterocycles. The predicted molar refractivity (Wildman–Crippen MR) is 133 cm³/mol. The summed E-state index contributed by atoms with van der Waals surface area (Å²) in [6, 6.07) is 9.81. The molecule has 1 fully saturated rings. The molecule has 2 amide bonds. The Kier molecular flexibility index (Phi) is 7.55. The molecule has 0 unspecified atom stereocenters. The van der Waals surface area contributed by atoms with E-state index in [0.717, 1.165) is 46.7 Å². The largest absolute Gasteiger partial charge is 0.350 e. The van der Waals surface area contributed by atoms with Crippen molar-refractivity contribution in [3.63, 3.8) is 0 Å². The summed E-state index contributed by atoms with van der Waals surface area (Å²) < 4.78 is 4.49. The van der Waals surface area contributed by atoms with Crippen LogP contribution >= 0.6 is 22.9 Å². The van der Waals surface area contributed by atoms with E-state index in [9.17, 15) is 9.59 Å². The molecular weight excluding hydrogens is 452 g/mol. The summed E-state index contributed by atoms with van der Waals surface area (Å²) in [7, 11) is 0. The molecule has 1 aliphatic rings. The number of aryl methyl sites for hydroxylation is 2. The van der Waals surface area contributed by atoms with Crippen molar-refractivity contribution >= 4 is 34.7 Å². The molecule has 0 spiro atoms. The highest BCUT2D eigenvalue weighted by atomic mass is 32.1. The Morgan fingerprint density at radius 1 is 1.24 bits per heavy atom. The fourth-order valence-corrected chi connectivity index (χ4v) is 5.81. The maximum absolute atomic E-state index is 13.4. The van der Waals surface area contributed by atoms with Gasteiger partial charge in [-0.3, -0.25) is 9.59 Å². The standard InChI is InChI=1S/C25H30N4O2S2/c1-4-6-20(21-13-16(2)33-28-21)25(31)29-12-5-7-22(29)24(30)26-14-18-8-10-19(11-9-18)23-17(3)27-15-32-23/h8-11,13,15,20,22H,4-7,12,14H2,1-3H3,(H,26,30)/t20-,22+/m1/s1. The fraction of sp³-hybridized carbons (Fsp3) is 0.440. The van der Waals surface area contributed by atoms with E-state index in [1.165, 1.54) is 16.4 Å². The molecular formula is C25H30N4O2S2. The molecule has 174 valence electrons. The Balaban J connectivity index is 1.39. The number of thiazole rings is 1. The number of nitrogens with one attached hydrogen (secondary N) is 1. The highest BCUT2D eigenvalue weighted by Crippen LogP contribution is 2.30. The van der Waals surface area contributed by atoms with E-state index in [-0.39, 0.29) is 17.7 Å². The number of hydrogen-bond acceptors (Lipinski definition) is 6. The zero-order valence-electron chi connectivity index (χ0n) is 19.3. The van der Waals surface area contributed by atoms with Gasteiger partial charge in [0.1, 0.15) is 6.04 Å². The first-order valence-corrected chi connectivity index (χ1v) is 13.1. The number of rotatable bonds is 8. The summed E-state index contributed by atoms with van der Waals surface area (Å²) in [6.45, 7) is 7.17. The molecule has 8 heteroatoms. The molecule has 2 aromatic heterocycles. The third-order valence-electron chi connectivity index (χ3n) is 6.15. The van der Waals surface area contributed by atoms with Crippen molar-refractivity contribution in [3.05, 3.63) is 57.7 Å². The Morgan fingerprint density at radius 2 is 2.03 bits per heavy atom. The maximum atomic E-state index is 13.4. The second-order valence-electron chi connectivity index (χ2n) is 8.57. The van der Waals surface area contributed by atoms with E-state index in [1.54, 1.807) is 16.2 Å². The molecule has 1 aliphatic heterocycles. The normalized spacial score (nSPS) is 16.7. The van der Waals surface area contributed by atoms with Crippen molar-refractivity contribution in [2.24, 2.45) is 0 Å². The first kappa shape index (κ1) is 23.6. The summed E-state index contributed by atoms with van der Waals surface area (Å²) in [6.07, 6.45) is 3.20. The van der Waals surface area contributed by atoms with E-state index in [1.807, 2.05) is 37.6 Å². The van der Waals surface area contributed by atoms with Gasteiger partial charge in [0, 0.05) is 18.0 Å². The number of benzene rings is 1. The summed E-state index contributed by atoms with van der Waals surface area (Å²) in [5.74, 6) is -0.312. The fourth-order valence-electron chi connectivity index (χ4n) is 4.40. The molecule has 6 nitrogen and oxygen atoms in total. The van der Waals surface area contributed by atoms with Crippen LogP contribution in [0.15, 0.2) is 35.8 Å². The van der Waals surface area contributed by atoms with Gasteiger partial charge in [-0.25, -0.2) is 4.98 Å². The van der Waals surface area contributed by atoms with Gasteiger partial charge in [0.05, 0.1) is 27.7 Å². The van der Waals surface area contributed by atoms with Crippen LogP contribution in [0.25, 0.3) is 10.4 Å². The van der Waals surface area contributed by atoms with Gasteiger partial charge in [-0.2, -0.15) is 4.37 Å². The smallest absolute Gasteiger partial charge is 0.243 e. The van der Waals surface area contributed by atoms with E-state index in [4.69, 9.17) is 0 Å². The lowest BCUT2D eigenvalue weighted by Gasteiger charge is -2.27. The Labute approximate surface area is 203 Å². The van der Waals surface area contributed by atoms with E-state index >= 15 is 0 Å². The molecule has 4 rings (SSSR count). The molecule has 2 atom stereocenters. The molecule has 0 aliphatic carbocycles. The predicted octanol–water partition coefficient (Wildman–Crippen LogP) is 5.07. The SMILES string of the molecule is CCC[C@@H](C(=O)N1CCC[C@H]1C(=O)NCc1ccc(-c2scnc2C)cc1)c1cc(C)sn1. The van der Waals surface area contributed by atoms with Crippen molar-refractivity contribution in [1.29, 1.82) is 0 Å². The van der Waals surface area contributed by atoms with Crippen LogP contribution in [-0.4, -0.2) is 38.7 Å². The van der Waals surface area contributed by atoms with Crippen LogP contribution in [0.1, 0.15) is 60.4 Å². The molecule has 3 aromatic rings. The Morgan fingerprint density at radius 3 is 2.67 bits per heavy atom. The van der Waals surface area contributed by atoms with Gasteiger partial charge in [0.25, 0.3) is 0 Å². The number of likely N-dealkylation sites (tertiary alicyclic amines) is 1. The minimum Gasteiger partial charge on any atom is -0.350 e. The highest BCUT2D eigenvalue weighted by Gasteiger charge is 2.37. The lowest BCUT2D eigenvalue weighted by atomic mass is 9.97. The van der Waals surface area contributed by atoms with Crippen molar-refractivity contribution in [2.75, 3.05) is 6.54 Å². The molecule has 0 radical (unpaired) electrons.